The van der Waals surface area contributed by atoms with E-state index in [2.05, 4.69) is 16.1 Å². The van der Waals surface area contributed by atoms with Gasteiger partial charge in [0.05, 0.1) is 6.61 Å². The van der Waals surface area contributed by atoms with Gasteiger partial charge in [0.25, 0.3) is 0 Å². The van der Waals surface area contributed by atoms with Crippen LogP contribution in [0.15, 0.2) is 12.2 Å². The fourth-order valence-corrected chi connectivity index (χ4v) is 0.565. The van der Waals surface area contributed by atoms with Gasteiger partial charge in [0.15, 0.2) is 0 Å². The first-order valence-electron chi connectivity index (χ1n) is 3.81. The molecule has 0 aliphatic carbocycles. The van der Waals surface area contributed by atoms with Gasteiger partial charge < -0.3 is 19.7 Å². The Morgan fingerprint density at radius 1 is 1.62 bits per heavy atom. The monoisotopic (exact) mass is 190 g/mol. The van der Waals surface area contributed by atoms with Crippen molar-refractivity contribution in [2.75, 3.05) is 13.2 Å². The summed E-state index contributed by atoms with van der Waals surface area (Å²) in [7, 11) is 0. The second-order valence-electron chi connectivity index (χ2n) is 2.47. The number of ether oxygens (including phenoxy) is 2. The number of hydrogen-bond donors (Lipinski definition) is 2. The molecule has 0 saturated carbocycles. The molecule has 76 valence electrons. The Labute approximate surface area is 76.6 Å². The van der Waals surface area contributed by atoms with E-state index in [-0.39, 0.29) is 12.2 Å². The van der Waals surface area contributed by atoms with Gasteiger partial charge >= 0.3 is 11.9 Å². The van der Waals surface area contributed by atoms with E-state index in [1.54, 1.807) is 6.92 Å². The Balaban J connectivity index is 4.26. The smallest absolute Gasteiger partial charge is 0.351 e. The average molecular weight is 190 g/mol. The Hall–Kier alpha value is -0.910. The highest BCUT2D eigenvalue weighted by Gasteiger charge is 2.31. The maximum atomic E-state index is 10.9. The van der Waals surface area contributed by atoms with Crippen molar-refractivity contribution in [2.45, 2.75) is 19.8 Å². The largest absolute Gasteiger partial charge is 0.402 e. The molecule has 0 rings (SSSR count). The van der Waals surface area contributed by atoms with Crippen LogP contribution in [-0.4, -0.2) is 35.4 Å². The summed E-state index contributed by atoms with van der Waals surface area (Å²) in [6.45, 7) is 5.62. The van der Waals surface area contributed by atoms with Crippen molar-refractivity contribution in [3.8, 4) is 0 Å². The van der Waals surface area contributed by atoms with E-state index >= 15 is 0 Å². The summed E-state index contributed by atoms with van der Waals surface area (Å²) in [6, 6.07) is 0. The van der Waals surface area contributed by atoms with Crippen LogP contribution in [0.5, 0.6) is 0 Å². The van der Waals surface area contributed by atoms with Crippen LogP contribution in [0.3, 0.4) is 0 Å². The van der Waals surface area contributed by atoms with Crippen molar-refractivity contribution in [3.63, 3.8) is 0 Å². The Bertz CT molecular complexity index is 201. The molecule has 0 aliphatic rings. The van der Waals surface area contributed by atoms with Crippen molar-refractivity contribution in [2.24, 2.45) is 0 Å². The third kappa shape index (κ3) is 4.02. The quantitative estimate of drug-likeness (QED) is 0.356. The summed E-state index contributed by atoms with van der Waals surface area (Å²) < 4.78 is 9.05. The molecule has 0 aromatic heterocycles. The van der Waals surface area contributed by atoms with Crippen LogP contribution in [0.4, 0.5) is 0 Å². The summed E-state index contributed by atoms with van der Waals surface area (Å²) >= 11 is 0. The molecule has 2 N–H and O–H groups in total. The molecule has 13 heavy (non-hydrogen) atoms. The molecular weight excluding hydrogens is 176 g/mol. The van der Waals surface area contributed by atoms with Gasteiger partial charge in [0.2, 0.25) is 0 Å². The zero-order chi connectivity index (χ0) is 10.5. The molecule has 0 fully saturated rings. The molecule has 0 spiro atoms. The number of aliphatic hydroxyl groups is 2. The lowest BCUT2D eigenvalue weighted by Gasteiger charge is -2.24. The van der Waals surface area contributed by atoms with Crippen LogP contribution >= 0.6 is 0 Å². The molecule has 0 aromatic carbocycles. The lowest BCUT2D eigenvalue weighted by Crippen LogP contribution is -2.41. The normalized spacial score (nSPS) is 14.8. The molecule has 5 heteroatoms. The molecule has 1 atom stereocenters. The van der Waals surface area contributed by atoms with E-state index < -0.39 is 18.5 Å². The number of rotatable bonds is 5. The number of hydrogen-bond acceptors (Lipinski definition) is 5. The van der Waals surface area contributed by atoms with Crippen LogP contribution in [-0.2, 0) is 14.3 Å². The van der Waals surface area contributed by atoms with Crippen molar-refractivity contribution >= 4 is 5.97 Å². The van der Waals surface area contributed by atoms with E-state index in [9.17, 15) is 9.90 Å². The van der Waals surface area contributed by atoms with Crippen molar-refractivity contribution in [1.82, 2.24) is 0 Å². The molecule has 5 nitrogen and oxygen atoms in total. The molecule has 0 bridgehead atoms. The van der Waals surface area contributed by atoms with Gasteiger partial charge in [-0.25, -0.2) is 4.79 Å². The predicted octanol–water partition coefficient (Wildman–Crippen LogP) is -0.219. The third-order valence-corrected chi connectivity index (χ3v) is 1.17. The predicted molar refractivity (Wildman–Crippen MR) is 44.6 cm³/mol. The fourth-order valence-electron chi connectivity index (χ4n) is 0.565. The maximum Gasteiger partial charge on any atom is 0.351 e. The minimum absolute atomic E-state index is 0.112. The van der Waals surface area contributed by atoms with Crippen LogP contribution in [0.25, 0.3) is 0 Å². The Morgan fingerprint density at radius 2 is 2.15 bits per heavy atom. The first-order valence-corrected chi connectivity index (χ1v) is 3.81. The standard InChI is InChI=1S/C8H14O5/c1-4-12-8(11,5-9)13-7(10)6(2)3/h9,11H,2,4-5H2,1,3H3. The molecule has 0 aliphatic heterocycles. The number of carbonyl (C=O) groups excluding carboxylic acids is 1. The third-order valence-electron chi connectivity index (χ3n) is 1.17. The summed E-state index contributed by atoms with van der Waals surface area (Å²) in [4.78, 5) is 10.9. The summed E-state index contributed by atoms with van der Waals surface area (Å²) in [5, 5.41) is 17.9. The zero-order valence-electron chi connectivity index (χ0n) is 7.74. The van der Waals surface area contributed by atoms with Crippen molar-refractivity contribution in [1.29, 1.82) is 0 Å². The molecule has 0 heterocycles. The van der Waals surface area contributed by atoms with E-state index in [1.165, 1.54) is 6.92 Å². The fraction of sp³-hybridized carbons (Fsp3) is 0.625. The SMILES string of the molecule is C=C(C)C(=O)OC(O)(CO)OCC. The summed E-state index contributed by atoms with van der Waals surface area (Å²) in [6.07, 6.45) is 0. The second kappa shape index (κ2) is 4.96. The lowest BCUT2D eigenvalue weighted by molar-refractivity contribution is -0.351. The molecule has 0 radical (unpaired) electrons. The van der Waals surface area contributed by atoms with Crippen LogP contribution in [0.2, 0.25) is 0 Å². The van der Waals surface area contributed by atoms with E-state index in [0.717, 1.165) is 0 Å². The first kappa shape index (κ1) is 12.1. The highest BCUT2D eigenvalue weighted by atomic mass is 16.8. The van der Waals surface area contributed by atoms with Crippen LogP contribution in [0, 0.1) is 0 Å². The minimum Gasteiger partial charge on any atom is -0.402 e. The molecule has 0 saturated heterocycles. The minimum atomic E-state index is -2.26. The van der Waals surface area contributed by atoms with Gasteiger partial charge in [0, 0.05) is 5.57 Å². The van der Waals surface area contributed by atoms with Crippen LogP contribution < -0.4 is 0 Å². The van der Waals surface area contributed by atoms with Gasteiger partial charge in [-0.05, 0) is 13.8 Å². The van der Waals surface area contributed by atoms with Crippen LogP contribution in [0.1, 0.15) is 13.8 Å². The second-order valence-corrected chi connectivity index (χ2v) is 2.47. The zero-order valence-corrected chi connectivity index (χ0v) is 7.74. The topological polar surface area (TPSA) is 76.0 Å². The Kier molecular flexibility index (Phi) is 4.61. The van der Waals surface area contributed by atoms with Gasteiger partial charge in [-0.15, -0.1) is 0 Å². The number of carbonyl (C=O) groups is 1. The van der Waals surface area contributed by atoms with E-state index in [0.29, 0.717) is 0 Å². The molecule has 0 amide bonds. The van der Waals surface area contributed by atoms with Crippen molar-refractivity contribution < 1.29 is 24.5 Å². The van der Waals surface area contributed by atoms with Gasteiger partial charge in [-0.3, -0.25) is 0 Å². The highest BCUT2D eigenvalue weighted by Crippen LogP contribution is 2.10. The maximum absolute atomic E-state index is 10.9. The Morgan fingerprint density at radius 3 is 2.46 bits per heavy atom. The molecule has 0 aromatic rings. The van der Waals surface area contributed by atoms with Gasteiger partial charge in [0.1, 0.15) is 6.61 Å². The number of esters is 1. The number of aliphatic hydroxyl groups excluding tert-OH is 1. The van der Waals surface area contributed by atoms with Gasteiger partial charge in [-0.1, -0.05) is 6.58 Å². The first-order chi connectivity index (χ1) is 5.95. The van der Waals surface area contributed by atoms with E-state index in [4.69, 9.17) is 5.11 Å². The van der Waals surface area contributed by atoms with Crippen molar-refractivity contribution in [3.05, 3.63) is 12.2 Å². The van der Waals surface area contributed by atoms with E-state index in [1.807, 2.05) is 0 Å². The van der Waals surface area contributed by atoms with Gasteiger partial charge in [-0.2, -0.15) is 0 Å². The molecular formula is C8H14O5. The summed E-state index contributed by atoms with van der Waals surface area (Å²) in [5.74, 6) is -3.07. The molecule has 1 unspecified atom stereocenters. The average Bonchev–Trinajstić information content (AvgIpc) is 2.04. The summed E-state index contributed by atoms with van der Waals surface area (Å²) in [5.41, 5.74) is 0.117. The highest BCUT2D eigenvalue weighted by molar-refractivity contribution is 5.87. The lowest BCUT2D eigenvalue weighted by atomic mass is 10.4.